The van der Waals surface area contributed by atoms with E-state index in [1.165, 1.54) is 18.4 Å². The molecule has 1 saturated carbocycles. The van der Waals surface area contributed by atoms with Crippen LogP contribution in [0.1, 0.15) is 37.7 Å². The van der Waals surface area contributed by atoms with Crippen molar-refractivity contribution >= 4 is 18.3 Å². The fourth-order valence-electron chi connectivity index (χ4n) is 2.96. The molecule has 0 saturated heterocycles. The third-order valence-corrected chi connectivity index (χ3v) is 4.03. The topological polar surface area (TPSA) is 41.1 Å². The highest BCUT2D eigenvalue weighted by Gasteiger charge is 2.30. The van der Waals surface area contributed by atoms with E-state index in [0.717, 1.165) is 13.0 Å². The highest BCUT2D eigenvalue weighted by atomic mass is 35.5. The highest BCUT2D eigenvalue weighted by molar-refractivity contribution is 5.85. The molecule has 0 bridgehead atoms. The molecule has 4 heteroatoms. The fraction of sp³-hybridized carbons (Fsp3) is 0.562. The van der Waals surface area contributed by atoms with E-state index in [1.807, 2.05) is 20.0 Å². The number of hydrogen-bond acceptors (Lipinski definition) is 2. The van der Waals surface area contributed by atoms with E-state index in [0.29, 0.717) is 12.0 Å². The lowest BCUT2D eigenvalue weighted by molar-refractivity contribution is -0.125. The first-order valence-corrected chi connectivity index (χ1v) is 7.22. The Bertz CT molecular complexity index is 410. The molecule has 1 amide bonds. The van der Waals surface area contributed by atoms with Gasteiger partial charge in [-0.2, -0.15) is 0 Å². The Morgan fingerprint density at radius 2 is 2.00 bits per heavy atom. The van der Waals surface area contributed by atoms with Crippen LogP contribution in [0, 0.1) is 5.92 Å². The van der Waals surface area contributed by atoms with Crippen molar-refractivity contribution < 1.29 is 4.79 Å². The van der Waals surface area contributed by atoms with Crippen LogP contribution in [-0.4, -0.2) is 25.5 Å². The second kappa shape index (κ2) is 8.28. The molecule has 0 spiro atoms. The van der Waals surface area contributed by atoms with Crippen LogP contribution in [0.3, 0.4) is 0 Å². The first-order chi connectivity index (χ1) is 9.22. The van der Waals surface area contributed by atoms with Gasteiger partial charge in [-0.15, -0.1) is 12.4 Å². The zero-order chi connectivity index (χ0) is 13.7. The Morgan fingerprint density at radius 1 is 1.30 bits per heavy atom. The van der Waals surface area contributed by atoms with Gasteiger partial charge >= 0.3 is 0 Å². The monoisotopic (exact) mass is 296 g/mol. The van der Waals surface area contributed by atoms with Gasteiger partial charge in [-0.3, -0.25) is 4.79 Å². The van der Waals surface area contributed by atoms with Crippen LogP contribution in [0.2, 0.25) is 0 Å². The Balaban J connectivity index is 0.00000200. The van der Waals surface area contributed by atoms with Gasteiger partial charge in [0, 0.05) is 24.4 Å². The van der Waals surface area contributed by atoms with E-state index in [9.17, 15) is 4.79 Å². The summed E-state index contributed by atoms with van der Waals surface area (Å²) in [7, 11) is 1.88. The molecule has 112 valence electrons. The first kappa shape index (κ1) is 17.0. The summed E-state index contributed by atoms with van der Waals surface area (Å²) in [5.41, 5.74) is 1.35. The maximum atomic E-state index is 12.1. The van der Waals surface area contributed by atoms with Crippen molar-refractivity contribution in [2.75, 3.05) is 13.6 Å². The molecule has 1 aliphatic rings. The van der Waals surface area contributed by atoms with Crippen LogP contribution in [0.5, 0.6) is 0 Å². The van der Waals surface area contributed by atoms with Gasteiger partial charge in [-0.05, 0) is 25.5 Å². The van der Waals surface area contributed by atoms with Gasteiger partial charge in [0.1, 0.15) is 0 Å². The summed E-state index contributed by atoms with van der Waals surface area (Å²) in [4.78, 5) is 12.1. The van der Waals surface area contributed by atoms with Gasteiger partial charge in [-0.25, -0.2) is 0 Å². The molecule has 1 fully saturated rings. The molecule has 2 rings (SSSR count). The van der Waals surface area contributed by atoms with Crippen molar-refractivity contribution in [2.24, 2.45) is 5.92 Å². The smallest absolute Gasteiger partial charge is 0.224 e. The van der Waals surface area contributed by atoms with Crippen molar-refractivity contribution in [3.05, 3.63) is 35.9 Å². The largest absolute Gasteiger partial charge is 0.352 e. The number of halogens is 1. The maximum Gasteiger partial charge on any atom is 0.224 e. The van der Waals surface area contributed by atoms with Crippen molar-refractivity contribution in [3.8, 4) is 0 Å². The second-order valence-corrected chi connectivity index (χ2v) is 5.52. The summed E-state index contributed by atoms with van der Waals surface area (Å²) in [6, 6.07) is 10.8. The predicted octanol–water partition coefficient (Wildman–Crippen LogP) is 2.72. The Labute approximate surface area is 127 Å². The average Bonchev–Trinajstić information content (AvgIpc) is 2.88. The summed E-state index contributed by atoms with van der Waals surface area (Å²) in [6.07, 6.45) is 3.47. The minimum atomic E-state index is 0. The van der Waals surface area contributed by atoms with Crippen LogP contribution in [0.4, 0.5) is 0 Å². The van der Waals surface area contributed by atoms with Gasteiger partial charge in [-0.1, -0.05) is 43.7 Å². The predicted molar refractivity (Wildman–Crippen MR) is 85.3 cm³/mol. The third-order valence-electron chi connectivity index (χ3n) is 4.03. The summed E-state index contributed by atoms with van der Waals surface area (Å²) >= 11 is 0. The third kappa shape index (κ3) is 4.22. The molecule has 3 unspecified atom stereocenters. The van der Waals surface area contributed by atoms with Gasteiger partial charge < -0.3 is 10.6 Å². The number of rotatable bonds is 5. The number of carbonyl (C=O) groups is 1. The zero-order valence-electron chi connectivity index (χ0n) is 12.3. The summed E-state index contributed by atoms with van der Waals surface area (Å²) in [5.74, 6) is 0.677. The molecule has 0 aromatic heterocycles. The quantitative estimate of drug-likeness (QED) is 0.877. The minimum Gasteiger partial charge on any atom is -0.352 e. The Morgan fingerprint density at radius 3 is 2.65 bits per heavy atom. The maximum absolute atomic E-state index is 12.1. The van der Waals surface area contributed by atoms with Crippen LogP contribution in [0.15, 0.2) is 30.3 Å². The molecule has 20 heavy (non-hydrogen) atoms. The first-order valence-electron chi connectivity index (χ1n) is 7.22. The second-order valence-electron chi connectivity index (χ2n) is 5.52. The zero-order valence-corrected chi connectivity index (χ0v) is 13.1. The van der Waals surface area contributed by atoms with Crippen LogP contribution < -0.4 is 10.6 Å². The van der Waals surface area contributed by atoms with E-state index >= 15 is 0 Å². The summed E-state index contributed by atoms with van der Waals surface area (Å²) in [6.45, 7) is 2.70. The SMILES string of the molecule is CNCC(C)C(=O)NC1CCCC1c1ccccc1.Cl. The lowest BCUT2D eigenvalue weighted by Crippen LogP contribution is -2.41. The molecule has 0 radical (unpaired) electrons. The summed E-state index contributed by atoms with van der Waals surface area (Å²) < 4.78 is 0. The average molecular weight is 297 g/mol. The van der Waals surface area contributed by atoms with Gasteiger partial charge in [0.2, 0.25) is 5.91 Å². The number of benzene rings is 1. The molecule has 0 aliphatic heterocycles. The van der Waals surface area contributed by atoms with Crippen molar-refractivity contribution in [1.29, 1.82) is 0 Å². The van der Waals surface area contributed by atoms with E-state index in [-0.39, 0.29) is 24.2 Å². The summed E-state index contributed by atoms with van der Waals surface area (Å²) in [5, 5.41) is 6.29. The van der Waals surface area contributed by atoms with Crippen LogP contribution in [0.25, 0.3) is 0 Å². The van der Waals surface area contributed by atoms with E-state index < -0.39 is 0 Å². The van der Waals surface area contributed by atoms with Crippen molar-refractivity contribution in [3.63, 3.8) is 0 Å². The van der Waals surface area contributed by atoms with Gasteiger partial charge in [0.15, 0.2) is 0 Å². The van der Waals surface area contributed by atoms with E-state index in [4.69, 9.17) is 0 Å². The minimum absolute atomic E-state index is 0. The van der Waals surface area contributed by atoms with Crippen molar-refractivity contribution in [1.82, 2.24) is 10.6 Å². The number of amides is 1. The molecular weight excluding hydrogens is 272 g/mol. The normalized spacial score (nSPS) is 22.9. The van der Waals surface area contributed by atoms with Gasteiger partial charge in [0.25, 0.3) is 0 Å². The Hall–Kier alpha value is -1.06. The molecular formula is C16H25ClN2O. The molecule has 1 aromatic carbocycles. The van der Waals surface area contributed by atoms with E-state index in [2.05, 4.69) is 34.9 Å². The molecule has 1 aromatic rings. The molecule has 1 aliphatic carbocycles. The highest BCUT2D eigenvalue weighted by Crippen LogP contribution is 2.34. The molecule has 2 N–H and O–H groups in total. The van der Waals surface area contributed by atoms with E-state index in [1.54, 1.807) is 0 Å². The molecule has 0 heterocycles. The van der Waals surface area contributed by atoms with Crippen LogP contribution >= 0.6 is 12.4 Å². The molecule has 3 atom stereocenters. The lowest BCUT2D eigenvalue weighted by atomic mass is 9.93. The number of hydrogen-bond donors (Lipinski definition) is 2. The lowest BCUT2D eigenvalue weighted by Gasteiger charge is -2.23. The standard InChI is InChI=1S/C16H24N2O.ClH/c1-12(11-17-2)16(19)18-15-10-6-9-14(15)13-7-4-3-5-8-13;/h3-5,7-8,12,14-15,17H,6,9-11H2,1-2H3,(H,18,19);1H. The fourth-order valence-corrected chi connectivity index (χ4v) is 2.96. The van der Waals surface area contributed by atoms with Gasteiger partial charge in [0.05, 0.1) is 0 Å². The van der Waals surface area contributed by atoms with Crippen molar-refractivity contribution in [2.45, 2.75) is 38.1 Å². The van der Waals surface area contributed by atoms with Crippen LogP contribution in [-0.2, 0) is 4.79 Å². The Kier molecular flexibility index (Phi) is 7.03. The molecule has 3 nitrogen and oxygen atoms in total. The number of nitrogens with one attached hydrogen (secondary N) is 2. The number of carbonyl (C=O) groups excluding carboxylic acids is 1.